The lowest BCUT2D eigenvalue weighted by Gasteiger charge is -2.06. The molecule has 19 heavy (non-hydrogen) atoms. The fraction of sp³-hybridized carbons (Fsp3) is 0. The molecule has 2 rings (SSSR count). The monoisotopic (exact) mass is 277 g/mol. The number of hydrogen-bond acceptors (Lipinski definition) is 4. The molecule has 2 aromatic heterocycles. The Balaban J connectivity index is 2.22. The van der Waals surface area contributed by atoms with Gasteiger partial charge in [0.1, 0.15) is 10.8 Å². The fourth-order valence-corrected chi connectivity index (χ4v) is 1.58. The van der Waals surface area contributed by atoms with Crippen molar-refractivity contribution < 1.29 is 14.7 Å². The summed E-state index contributed by atoms with van der Waals surface area (Å²) >= 11 is 5.79. The van der Waals surface area contributed by atoms with Gasteiger partial charge in [0.05, 0.1) is 5.56 Å². The standard InChI is InChI=1S/C12H8ClN3O3/c13-10-8(2-1-4-15-10)11(17)16-7-3-5-14-9(6-7)12(18)19/h1-6H,(H,18,19)(H,14,16,17). The molecule has 2 heterocycles. The summed E-state index contributed by atoms with van der Waals surface area (Å²) in [6, 6.07) is 5.83. The van der Waals surface area contributed by atoms with Gasteiger partial charge in [0, 0.05) is 18.1 Å². The van der Waals surface area contributed by atoms with E-state index in [1.54, 1.807) is 6.07 Å². The van der Waals surface area contributed by atoms with Crippen LogP contribution in [0.1, 0.15) is 20.8 Å². The molecule has 6 nitrogen and oxygen atoms in total. The van der Waals surface area contributed by atoms with Crippen molar-refractivity contribution in [2.45, 2.75) is 0 Å². The van der Waals surface area contributed by atoms with Crippen LogP contribution in [0.5, 0.6) is 0 Å². The molecule has 0 bridgehead atoms. The van der Waals surface area contributed by atoms with Crippen LogP contribution in [0.15, 0.2) is 36.7 Å². The first-order chi connectivity index (χ1) is 9.08. The van der Waals surface area contributed by atoms with E-state index in [1.165, 1.54) is 30.6 Å². The number of nitrogens with zero attached hydrogens (tertiary/aromatic N) is 2. The first-order valence-electron chi connectivity index (χ1n) is 5.19. The minimum absolute atomic E-state index is 0.0764. The number of rotatable bonds is 3. The molecule has 0 unspecified atom stereocenters. The Morgan fingerprint density at radius 2 is 2.00 bits per heavy atom. The first kappa shape index (κ1) is 13.0. The summed E-state index contributed by atoms with van der Waals surface area (Å²) in [5.41, 5.74) is 0.366. The number of hydrogen-bond donors (Lipinski definition) is 2. The van der Waals surface area contributed by atoms with Gasteiger partial charge in [-0.05, 0) is 24.3 Å². The van der Waals surface area contributed by atoms with Crippen molar-refractivity contribution in [1.82, 2.24) is 9.97 Å². The second kappa shape index (κ2) is 5.45. The van der Waals surface area contributed by atoms with Crippen molar-refractivity contribution in [1.29, 1.82) is 0 Å². The Morgan fingerprint density at radius 1 is 1.21 bits per heavy atom. The Labute approximate surface area is 113 Å². The number of aromatic nitrogens is 2. The Bertz CT molecular complexity index is 646. The Kier molecular flexibility index (Phi) is 3.72. The molecule has 0 saturated carbocycles. The van der Waals surface area contributed by atoms with Crippen LogP contribution in [-0.2, 0) is 0 Å². The summed E-state index contributed by atoms with van der Waals surface area (Å²) in [7, 11) is 0. The highest BCUT2D eigenvalue weighted by molar-refractivity contribution is 6.33. The zero-order chi connectivity index (χ0) is 13.8. The molecule has 1 amide bonds. The van der Waals surface area contributed by atoms with E-state index >= 15 is 0 Å². The molecule has 0 atom stereocenters. The van der Waals surface area contributed by atoms with Crippen molar-refractivity contribution in [3.05, 3.63) is 53.1 Å². The van der Waals surface area contributed by atoms with Crippen LogP contribution in [-0.4, -0.2) is 27.0 Å². The van der Waals surface area contributed by atoms with Gasteiger partial charge in [-0.1, -0.05) is 11.6 Å². The minimum atomic E-state index is -1.17. The van der Waals surface area contributed by atoms with Gasteiger partial charge < -0.3 is 10.4 Å². The van der Waals surface area contributed by atoms with Gasteiger partial charge in [-0.15, -0.1) is 0 Å². The number of anilines is 1. The van der Waals surface area contributed by atoms with Crippen molar-refractivity contribution in [3.8, 4) is 0 Å². The van der Waals surface area contributed by atoms with Crippen molar-refractivity contribution in [2.75, 3.05) is 5.32 Å². The highest BCUT2D eigenvalue weighted by Gasteiger charge is 2.12. The van der Waals surface area contributed by atoms with Crippen molar-refractivity contribution in [2.24, 2.45) is 0 Å². The molecule has 7 heteroatoms. The van der Waals surface area contributed by atoms with E-state index in [0.717, 1.165) is 0 Å². The van der Waals surface area contributed by atoms with Crippen LogP contribution in [0, 0.1) is 0 Å². The lowest BCUT2D eigenvalue weighted by molar-refractivity contribution is 0.0690. The quantitative estimate of drug-likeness (QED) is 0.838. The maximum absolute atomic E-state index is 11.9. The van der Waals surface area contributed by atoms with Gasteiger partial charge in [-0.3, -0.25) is 4.79 Å². The molecular weight excluding hydrogens is 270 g/mol. The smallest absolute Gasteiger partial charge is 0.354 e. The summed E-state index contributed by atoms with van der Waals surface area (Å²) in [5, 5.41) is 11.4. The average Bonchev–Trinajstić information content (AvgIpc) is 2.39. The summed E-state index contributed by atoms with van der Waals surface area (Å²) in [5.74, 6) is -1.64. The molecule has 2 N–H and O–H groups in total. The van der Waals surface area contributed by atoms with E-state index < -0.39 is 11.9 Å². The molecule has 0 aliphatic carbocycles. The van der Waals surface area contributed by atoms with E-state index in [2.05, 4.69) is 15.3 Å². The molecule has 0 saturated heterocycles. The second-order valence-corrected chi connectivity index (χ2v) is 3.89. The predicted octanol–water partition coefficient (Wildman–Crippen LogP) is 2.08. The lowest BCUT2D eigenvalue weighted by Crippen LogP contribution is -2.13. The number of amides is 1. The number of carbonyl (C=O) groups is 2. The number of carboxylic acids is 1. The summed E-state index contributed by atoms with van der Waals surface area (Å²) in [6.45, 7) is 0. The minimum Gasteiger partial charge on any atom is -0.477 e. The fourth-order valence-electron chi connectivity index (χ4n) is 1.38. The van der Waals surface area contributed by atoms with Crippen LogP contribution < -0.4 is 5.32 Å². The third-order valence-corrected chi connectivity index (χ3v) is 2.54. The Morgan fingerprint density at radius 3 is 2.68 bits per heavy atom. The number of aromatic carboxylic acids is 1. The molecule has 0 spiro atoms. The maximum atomic E-state index is 11.9. The van der Waals surface area contributed by atoms with Crippen LogP contribution in [0.3, 0.4) is 0 Å². The average molecular weight is 278 g/mol. The SMILES string of the molecule is O=C(O)c1cc(NC(=O)c2cccnc2Cl)ccn1. The molecule has 96 valence electrons. The summed E-state index contributed by atoms with van der Waals surface area (Å²) < 4.78 is 0. The van der Waals surface area contributed by atoms with Gasteiger partial charge in [-0.2, -0.15) is 0 Å². The van der Waals surface area contributed by atoms with Crippen LogP contribution in [0.4, 0.5) is 5.69 Å². The predicted molar refractivity (Wildman–Crippen MR) is 68.4 cm³/mol. The number of nitrogens with one attached hydrogen (secondary N) is 1. The highest BCUT2D eigenvalue weighted by atomic mass is 35.5. The molecule has 2 aromatic rings. The maximum Gasteiger partial charge on any atom is 0.354 e. The summed E-state index contributed by atoms with van der Waals surface area (Å²) in [4.78, 5) is 30.1. The third-order valence-electron chi connectivity index (χ3n) is 2.24. The zero-order valence-electron chi connectivity index (χ0n) is 9.50. The Hall–Kier alpha value is -2.47. The number of pyridine rings is 2. The number of halogens is 1. The van der Waals surface area contributed by atoms with Gasteiger partial charge in [0.15, 0.2) is 0 Å². The molecular formula is C12H8ClN3O3. The molecule has 0 aliphatic rings. The lowest BCUT2D eigenvalue weighted by atomic mass is 10.2. The normalized spacial score (nSPS) is 9.95. The van der Waals surface area contributed by atoms with E-state index in [9.17, 15) is 9.59 Å². The molecule has 0 aromatic carbocycles. The second-order valence-electron chi connectivity index (χ2n) is 3.53. The first-order valence-corrected chi connectivity index (χ1v) is 5.57. The number of carbonyl (C=O) groups excluding carboxylic acids is 1. The van der Waals surface area contributed by atoms with Crippen LogP contribution >= 0.6 is 11.6 Å². The van der Waals surface area contributed by atoms with E-state index in [1.807, 2.05) is 0 Å². The van der Waals surface area contributed by atoms with Gasteiger partial charge in [0.25, 0.3) is 5.91 Å². The van der Waals surface area contributed by atoms with Crippen LogP contribution in [0.25, 0.3) is 0 Å². The summed E-state index contributed by atoms with van der Waals surface area (Å²) in [6.07, 6.45) is 2.76. The molecule has 0 fully saturated rings. The van der Waals surface area contributed by atoms with Gasteiger partial charge >= 0.3 is 5.97 Å². The topological polar surface area (TPSA) is 92.2 Å². The third kappa shape index (κ3) is 3.05. The zero-order valence-corrected chi connectivity index (χ0v) is 10.3. The molecule has 0 aliphatic heterocycles. The van der Waals surface area contributed by atoms with E-state index in [0.29, 0.717) is 5.69 Å². The molecule has 0 radical (unpaired) electrons. The van der Waals surface area contributed by atoms with Crippen molar-refractivity contribution >= 4 is 29.2 Å². The van der Waals surface area contributed by atoms with Crippen LogP contribution in [0.2, 0.25) is 5.15 Å². The highest BCUT2D eigenvalue weighted by Crippen LogP contribution is 2.15. The van der Waals surface area contributed by atoms with E-state index in [-0.39, 0.29) is 16.4 Å². The van der Waals surface area contributed by atoms with Gasteiger partial charge in [-0.25, -0.2) is 14.8 Å². The van der Waals surface area contributed by atoms with E-state index in [4.69, 9.17) is 16.7 Å². The largest absolute Gasteiger partial charge is 0.477 e. The number of carboxylic acid groups (broad SMARTS) is 1. The van der Waals surface area contributed by atoms with Gasteiger partial charge in [0.2, 0.25) is 0 Å². The van der Waals surface area contributed by atoms with Crippen molar-refractivity contribution in [3.63, 3.8) is 0 Å².